The van der Waals surface area contributed by atoms with Crippen molar-refractivity contribution in [2.24, 2.45) is 5.92 Å². The number of carboxylic acids is 1. The molecule has 5 heteroatoms. The molecular weight excluding hydrogens is 256 g/mol. The van der Waals surface area contributed by atoms with E-state index in [9.17, 15) is 4.79 Å². The summed E-state index contributed by atoms with van der Waals surface area (Å²) in [7, 11) is 1.65. The molecule has 1 saturated carbocycles. The molecule has 0 aliphatic heterocycles. The molecule has 5 nitrogen and oxygen atoms in total. The van der Waals surface area contributed by atoms with Gasteiger partial charge in [-0.25, -0.2) is 0 Å². The molecular formula is C15H22N2O3. The number of nitrogens with one attached hydrogen (secondary N) is 1. The molecule has 0 saturated heterocycles. The van der Waals surface area contributed by atoms with Gasteiger partial charge < -0.3 is 15.2 Å². The zero-order chi connectivity index (χ0) is 14.5. The zero-order valence-corrected chi connectivity index (χ0v) is 12.1. The van der Waals surface area contributed by atoms with Crippen LogP contribution >= 0.6 is 0 Å². The quantitative estimate of drug-likeness (QED) is 0.863. The van der Waals surface area contributed by atoms with Crippen molar-refractivity contribution in [3.8, 4) is 5.75 Å². The number of rotatable bonds is 5. The van der Waals surface area contributed by atoms with Gasteiger partial charge in [0.15, 0.2) is 0 Å². The third kappa shape index (κ3) is 3.93. The Hall–Kier alpha value is -1.62. The summed E-state index contributed by atoms with van der Waals surface area (Å²) in [6, 6.07) is 4.23. The molecule has 1 aromatic heterocycles. The number of hydrogen-bond donors (Lipinski definition) is 2. The molecule has 0 radical (unpaired) electrons. The summed E-state index contributed by atoms with van der Waals surface area (Å²) in [5, 5.41) is 12.4. The third-order valence-electron chi connectivity index (χ3n) is 3.86. The second kappa shape index (κ2) is 6.70. The summed E-state index contributed by atoms with van der Waals surface area (Å²) in [6.45, 7) is 2.64. The van der Waals surface area contributed by atoms with Gasteiger partial charge in [0.2, 0.25) is 0 Å². The zero-order valence-electron chi connectivity index (χ0n) is 12.1. The van der Waals surface area contributed by atoms with Gasteiger partial charge in [-0.1, -0.05) is 0 Å². The number of carboxylic acid groups (broad SMARTS) is 1. The molecule has 0 amide bonds. The van der Waals surface area contributed by atoms with E-state index in [2.05, 4.69) is 10.3 Å². The highest BCUT2D eigenvalue weighted by Gasteiger charge is 2.25. The minimum Gasteiger partial charge on any atom is -0.497 e. The molecule has 0 unspecified atom stereocenters. The highest BCUT2D eigenvalue weighted by atomic mass is 16.5. The Morgan fingerprint density at radius 1 is 1.40 bits per heavy atom. The first-order valence-electron chi connectivity index (χ1n) is 7.06. The van der Waals surface area contributed by atoms with Crippen LogP contribution in [0, 0.1) is 12.8 Å². The van der Waals surface area contributed by atoms with Crippen molar-refractivity contribution >= 4 is 5.97 Å². The molecule has 1 heterocycles. The van der Waals surface area contributed by atoms with Crippen LogP contribution in [0.15, 0.2) is 12.1 Å². The van der Waals surface area contributed by atoms with Gasteiger partial charge >= 0.3 is 5.97 Å². The number of aryl methyl sites for hydroxylation is 1. The van der Waals surface area contributed by atoms with Crippen molar-refractivity contribution in [1.29, 1.82) is 0 Å². The van der Waals surface area contributed by atoms with Crippen LogP contribution in [0.1, 0.15) is 37.1 Å². The van der Waals surface area contributed by atoms with Crippen LogP contribution in [0.4, 0.5) is 0 Å². The van der Waals surface area contributed by atoms with E-state index in [0.29, 0.717) is 12.6 Å². The Morgan fingerprint density at radius 2 is 2.10 bits per heavy atom. The van der Waals surface area contributed by atoms with Crippen LogP contribution in [-0.4, -0.2) is 29.2 Å². The van der Waals surface area contributed by atoms with Crippen molar-refractivity contribution in [3.63, 3.8) is 0 Å². The number of nitrogens with zero attached hydrogens (tertiary/aromatic N) is 1. The lowest BCUT2D eigenvalue weighted by Gasteiger charge is -2.26. The van der Waals surface area contributed by atoms with E-state index in [0.717, 1.165) is 42.8 Å². The standard InChI is InChI=1S/C15H22N2O3/c1-10-7-14(20-2)8-13(17-10)9-16-12-5-3-11(4-6-12)15(18)19/h7-8,11-12,16H,3-6,9H2,1-2H3,(H,18,19). The van der Waals surface area contributed by atoms with Gasteiger partial charge in [-0.15, -0.1) is 0 Å². The van der Waals surface area contributed by atoms with E-state index in [-0.39, 0.29) is 5.92 Å². The van der Waals surface area contributed by atoms with Gasteiger partial charge in [0, 0.05) is 30.4 Å². The lowest BCUT2D eigenvalue weighted by atomic mass is 9.86. The molecule has 0 bridgehead atoms. The summed E-state index contributed by atoms with van der Waals surface area (Å²) in [6.07, 6.45) is 3.36. The van der Waals surface area contributed by atoms with Crippen LogP contribution < -0.4 is 10.1 Å². The normalized spacial score (nSPS) is 22.5. The number of pyridine rings is 1. The predicted octanol–water partition coefficient (Wildman–Crippen LogP) is 2.13. The van der Waals surface area contributed by atoms with E-state index >= 15 is 0 Å². The Bertz CT molecular complexity index is 468. The molecule has 1 aliphatic carbocycles. The first-order valence-corrected chi connectivity index (χ1v) is 7.06. The number of hydrogen-bond acceptors (Lipinski definition) is 4. The molecule has 0 atom stereocenters. The van der Waals surface area contributed by atoms with Crippen LogP contribution in [0.5, 0.6) is 5.75 Å². The molecule has 0 aromatic carbocycles. The molecule has 20 heavy (non-hydrogen) atoms. The maximum Gasteiger partial charge on any atom is 0.306 e. The van der Waals surface area contributed by atoms with Crippen molar-refractivity contribution in [3.05, 3.63) is 23.5 Å². The molecule has 110 valence electrons. The number of aliphatic carboxylic acids is 1. The Labute approximate surface area is 119 Å². The lowest BCUT2D eigenvalue weighted by molar-refractivity contribution is -0.142. The predicted molar refractivity (Wildman–Crippen MR) is 75.7 cm³/mol. The van der Waals surface area contributed by atoms with E-state index < -0.39 is 5.97 Å². The van der Waals surface area contributed by atoms with Gasteiger partial charge in [0.1, 0.15) is 5.75 Å². The molecule has 1 fully saturated rings. The first-order chi connectivity index (χ1) is 9.58. The van der Waals surface area contributed by atoms with Crippen molar-refractivity contribution in [2.45, 2.75) is 45.2 Å². The number of aromatic nitrogens is 1. The lowest BCUT2D eigenvalue weighted by Crippen LogP contribution is -2.34. The fourth-order valence-corrected chi connectivity index (χ4v) is 2.70. The minimum absolute atomic E-state index is 0.162. The van der Waals surface area contributed by atoms with Gasteiger partial charge in [-0.05, 0) is 32.6 Å². The van der Waals surface area contributed by atoms with Gasteiger partial charge in [-0.2, -0.15) is 0 Å². The second-order valence-electron chi connectivity index (χ2n) is 5.41. The van der Waals surface area contributed by atoms with E-state index in [4.69, 9.17) is 9.84 Å². The fraction of sp³-hybridized carbons (Fsp3) is 0.600. The van der Waals surface area contributed by atoms with Gasteiger partial charge in [0.25, 0.3) is 0 Å². The molecule has 1 aromatic rings. The van der Waals surface area contributed by atoms with Gasteiger partial charge in [-0.3, -0.25) is 9.78 Å². The number of methoxy groups -OCH3 is 1. The van der Waals surface area contributed by atoms with Crippen LogP contribution in [0.2, 0.25) is 0 Å². The number of ether oxygens (including phenoxy) is 1. The molecule has 1 aliphatic rings. The van der Waals surface area contributed by atoms with E-state index in [1.807, 2.05) is 19.1 Å². The first kappa shape index (κ1) is 14.8. The van der Waals surface area contributed by atoms with Crippen LogP contribution in [0.3, 0.4) is 0 Å². The van der Waals surface area contributed by atoms with Crippen LogP contribution in [0.25, 0.3) is 0 Å². The molecule has 2 N–H and O–H groups in total. The fourth-order valence-electron chi connectivity index (χ4n) is 2.70. The summed E-state index contributed by atoms with van der Waals surface area (Å²) in [4.78, 5) is 15.4. The Kier molecular flexibility index (Phi) is 4.95. The van der Waals surface area contributed by atoms with Crippen molar-refractivity contribution in [1.82, 2.24) is 10.3 Å². The van der Waals surface area contributed by atoms with Gasteiger partial charge in [0.05, 0.1) is 18.7 Å². The molecule has 2 rings (SSSR count). The maximum absolute atomic E-state index is 10.9. The second-order valence-corrected chi connectivity index (χ2v) is 5.41. The highest BCUT2D eigenvalue weighted by Crippen LogP contribution is 2.24. The van der Waals surface area contributed by atoms with Crippen molar-refractivity contribution in [2.75, 3.05) is 7.11 Å². The highest BCUT2D eigenvalue weighted by molar-refractivity contribution is 5.70. The topological polar surface area (TPSA) is 71.5 Å². The summed E-state index contributed by atoms with van der Waals surface area (Å²) in [5.74, 6) is 0.00246. The molecule has 0 spiro atoms. The SMILES string of the molecule is COc1cc(C)nc(CNC2CCC(C(=O)O)CC2)c1. The summed E-state index contributed by atoms with van der Waals surface area (Å²) < 4.78 is 5.23. The van der Waals surface area contributed by atoms with E-state index in [1.54, 1.807) is 7.11 Å². The van der Waals surface area contributed by atoms with Crippen LogP contribution in [-0.2, 0) is 11.3 Å². The average molecular weight is 278 g/mol. The monoisotopic (exact) mass is 278 g/mol. The summed E-state index contributed by atoms with van der Waals surface area (Å²) in [5.41, 5.74) is 1.90. The summed E-state index contributed by atoms with van der Waals surface area (Å²) >= 11 is 0. The smallest absolute Gasteiger partial charge is 0.306 e. The number of carbonyl (C=O) groups is 1. The minimum atomic E-state index is -0.659. The Balaban J connectivity index is 1.84. The maximum atomic E-state index is 10.9. The van der Waals surface area contributed by atoms with E-state index in [1.165, 1.54) is 0 Å². The Morgan fingerprint density at radius 3 is 2.70 bits per heavy atom. The average Bonchev–Trinajstić information content (AvgIpc) is 2.45. The largest absolute Gasteiger partial charge is 0.497 e. The third-order valence-corrected chi connectivity index (χ3v) is 3.86. The van der Waals surface area contributed by atoms with Crippen molar-refractivity contribution < 1.29 is 14.6 Å².